The summed E-state index contributed by atoms with van der Waals surface area (Å²) >= 11 is 0. The number of halogens is 14. The molecular weight excluding hydrogens is 312 g/mol. The summed E-state index contributed by atoms with van der Waals surface area (Å²) in [4.78, 5) is 0. The fourth-order valence-electron chi connectivity index (χ4n) is 0. The Hall–Kier alpha value is -0.850. The molecule has 0 aromatic rings. The first kappa shape index (κ1) is 25.9. The van der Waals surface area contributed by atoms with E-state index in [-0.39, 0.29) is 0 Å². The van der Waals surface area contributed by atoms with Gasteiger partial charge in [-0.25, -0.2) is 0 Å². The van der Waals surface area contributed by atoms with E-state index in [1.54, 1.807) is 0 Å². The number of rotatable bonds is 0. The minimum absolute atomic E-state index is 3.67. The lowest BCUT2D eigenvalue weighted by molar-refractivity contribution is 0.00734. The monoisotopic (exact) mass is 314 g/mol. The largest absolute Gasteiger partial charge is 0.673 e. The summed E-state index contributed by atoms with van der Waals surface area (Å²) in [7, 11) is -12.0. The predicted octanol–water partition coefficient (Wildman–Crippen LogP) is 4.96. The molecule has 0 fully saturated rings. The predicted molar refractivity (Wildman–Crippen MR) is 34.6 cm³/mol. The highest BCUT2D eigenvalue weighted by Gasteiger charge is 2.21. The fourth-order valence-corrected chi connectivity index (χ4v) is 0. The fraction of sp³-hybridized carbons (Fsp3) is 1.00. The van der Waals surface area contributed by atoms with Crippen molar-refractivity contribution < 1.29 is 60.9 Å². The van der Waals surface area contributed by atoms with E-state index in [1.807, 2.05) is 0 Å². The number of hydrogen-bond donors (Lipinski definition) is 0. The highest BCUT2D eigenvalue weighted by atomic mass is 19.5. The lowest BCUT2D eigenvalue weighted by atomic mass is 10.3. The molecule has 116 valence electrons. The zero-order chi connectivity index (χ0) is 16.2. The van der Waals surface area contributed by atoms with Crippen molar-refractivity contribution in [1.82, 2.24) is 0 Å². The lowest BCUT2D eigenvalue weighted by Gasteiger charge is -1.94. The molecule has 0 saturated carbocycles. The summed E-state index contributed by atoms with van der Waals surface area (Å²) < 4.78 is 136. The van der Waals surface area contributed by atoms with Gasteiger partial charge < -0.3 is 34.5 Å². The van der Waals surface area contributed by atoms with Gasteiger partial charge in [0.15, 0.2) is 0 Å². The molecule has 18 heavy (non-hydrogen) atoms. The number of alkyl halides is 6. The summed E-state index contributed by atoms with van der Waals surface area (Å²) in [6, 6.07) is 0. The van der Waals surface area contributed by atoms with Crippen molar-refractivity contribution in [2.24, 2.45) is 0 Å². The van der Waals surface area contributed by atoms with Crippen LogP contribution in [-0.4, -0.2) is 27.9 Å². The molecule has 0 unspecified atom stereocenters. The van der Waals surface area contributed by atoms with Crippen LogP contribution in [0.2, 0.25) is 0 Å². The van der Waals surface area contributed by atoms with Crippen LogP contribution in [0, 0.1) is 0 Å². The van der Waals surface area contributed by atoms with Gasteiger partial charge in [0.1, 0.15) is 0 Å². The second-order valence-electron chi connectivity index (χ2n) is 1.48. The number of hydrogen-bond acceptors (Lipinski definition) is 0. The van der Waals surface area contributed by atoms with Crippen LogP contribution >= 0.6 is 0 Å². The first-order valence-electron chi connectivity index (χ1n) is 3.06. The van der Waals surface area contributed by atoms with E-state index in [1.165, 1.54) is 0 Å². The Morgan fingerprint density at radius 1 is 0.389 bits per heavy atom. The molecule has 0 atom stereocenters. The summed E-state index contributed by atoms with van der Waals surface area (Å²) in [5, 5.41) is 0. The molecule has 0 aromatic heterocycles. The molecule has 0 heterocycles. The highest BCUT2D eigenvalue weighted by molar-refractivity contribution is 6.50. The molecule has 0 spiro atoms. The van der Waals surface area contributed by atoms with Gasteiger partial charge in [0.25, 0.3) is 0 Å². The van der Waals surface area contributed by atoms with Crippen molar-refractivity contribution in [2.75, 3.05) is 0 Å². The zero-order valence-corrected chi connectivity index (χ0v) is 7.60. The van der Waals surface area contributed by atoms with Crippen LogP contribution in [0.4, 0.5) is 60.9 Å². The molecule has 0 amide bonds. The average Bonchev–Trinajstić information content (AvgIpc) is 1.70. The summed E-state index contributed by atoms with van der Waals surface area (Å²) in [6.07, 6.45) is 0. The lowest BCUT2D eigenvalue weighted by Crippen LogP contribution is -2.02. The molecule has 0 radical (unpaired) electrons. The van der Waals surface area contributed by atoms with E-state index in [0.717, 1.165) is 0 Å². The third-order valence-electron chi connectivity index (χ3n) is 0. The van der Waals surface area contributed by atoms with E-state index in [9.17, 15) is 60.9 Å². The molecule has 16 heteroatoms. The molecule has 0 bridgehead atoms. The Morgan fingerprint density at radius 3 is 0.389 bits per heavy atom. The normalized spacial score (nSPS) is 10.7. The topological polar surface area (TPSA) is 0 Å². The maximum absolute atomic E-state index is 9.75. The molecule has 0 N–H and O–H groups in total. The molecule has 0 nitrogen and oxygen atoms in total. The molecule has 0 aromatic carbocycles. The van der Waals surface area contributed by atoms with Gasteiger partial charge in [0.2, 0.25) is 0 Å². The first-order valence-corrected chi connectivity index (χ1v) is 3.06. The third kappa shape index (κ3) is 4200. The van der Waals surface area contributed by atoms with Crippen LogP contribution in [0.25, 0.3) is 0 Å². The zero-order valence-electron chi connectivity index (χ0n) is 7.60. The van der Waals surface area contributed by atoms with Crippen molar-refractivity contribution in [3.05, 3.63) is 0 Å². The first-order chi connectivity index (χ1) is 7.46. The summed E-state index contributed by atoms with van der Waals surface area (Å²) in [6.45, 7) is -7.33. The molecule has 0 aliphatic rings. The Bertz CT molecular complexity index is 109. The maximum atomic E-state index is 9.75. The van der Waals surface area contributed by atoms with Gasteiger partial charge in [-0.3, -0.25) is 0 Å². The van der Waals surface area contributed by atoms with Crippen LogP contribution in [0.15, 0.2) is 0 Å². The maximum Gasteiger partial charge on any atom is 0.673 e. The second kappa shape index (κ2) is 12.6. The average molecular weight is 314 g/mol. The third-order valence-corrected chi connectivity index (χ3v) is 0. The van der Waals surface area contributed by atoms with Gasteiger partial charge in [-0.15, -0.1) is 0 Å². The van der Waals surface area contributed by atoms with E-state index in [2.05, 4.69) is 0 Å². The summed E-state index contributed by atoms with van der Waals surface area (Å²) in [5.41, 5.74) is 0. The van der Waals surface area contributed by atoms with Gasteiger partial charge in [-0.2, -0.15) is 26.3 Å². The van der Waals surface area contributed by atoms with Crippen molar-refractivity contribution >= 4 is 14.5 Å². The van der Waals surface area contributed by atoms with Crippen LogP contribution in [0.1, 0.15) is 0 Å². The van der Waals surface area contributed by atoms with E-state index in [0.29, 0.717) is 0 Å². The van der Waals surface area contributed by atoms with Gasteiger partial charge >= 0.3 is 27.9 Å². The summed E-state index contributed by atoms with van der Waals surface area (Å²) in [5.74, 6) is 0. The SMILES string of the molecule is FC(F)F.FC(F)F.F[B-](F)(F)F.F[B-](F)(F)F. The Labute approximate surface area is 90.1 Å². The standard InChI is InChI=1S/2CHF3.2BF4/c2*2-1(3)4;2*2-1(3,4)5/h2*1H;;/q;;2*-1. The molecule has 0 rings (SSSR count). The Balaban J connectivity index is -0.0000000731. The second-order valence-corrected chi connectivity index (χ2v) is 1.48. The van der Waals surface area contributed by atoms with Crippen molar-refractivity contribution in [3.63, 3.8) is 0 Å². The van der Waals surface area contributed by atoms with E-state index < -0.39 is 27.9 Å². The van der Waals surface area contributed by atoms with Gasteiger partial charge in [0.05, 0.1) is 0 Å². The molecule has 0 saturated heterocycles. The van der Waals surface area contributed by atoms with Crippen LogP contribution in [0.5, 0.6) is 0 Å². The highest BCUT2D eigenvalue weighted by Crippen LogP contribution is 2.07. The van der Waals surface area contributed by atoms with Crippen molar-refractivity contribution in [3.8, 4) is 0 Å². The van der Waals surface area contributed by atoms with E-state index >= 15 is 0 Å². The minimum Gasteiger partial charge on any atom is -0.418 e. The van der Waals surface area contributed by atoms with Gasteiger partial charge in [-0.05, 0) is 0 Å². The van der Waals surface area contributed by atoms with E-state index in [4.69, 9.17) is 0 Å². The van der Waals surface area contributed by atoms with Crippen molar-refractivity contribution in [2.45, 2.75) is 13.4 Å². The minimum atomic E-state index is -6.00. The van der Waals surface area contributed by atoms with Crippen molar-refractivity contribution in [1.29, 1.82) is 0 Å². The van der Waals surface area contributed by atoms with Gasteiger partial charge in [0, 0.05) is 0 Å². The Morgan fingerprint density at radius 2 is 0.389 bits per heavy atom. The smallest absolute Gasteiger partial charge is 0.418 e. The van der Waals surface area contributed by atoms with Crippen LogP contribution in [-0.2, 0) is 0 Å². The Kier molecular flexibility index (Phi) is 18.1. The molecule has 0 aliphatic heterocycles. The molecule has 0 aliphatic carbocycles. The molecular formula is C2H2B2F14-2. The van der Waals surface area contributed by atoms with Crippen LogP contribution in [0.3, 0.4) is 0 Å². The quantitative estimate of drug-likeness (QED) is 0.438. The van der Waals surface area contributed by atoms with Gasteiger partial charge in [-0.1, -0.05) is 0 Å². The van der Waals surface area contributed by atoms with Crippen LogP contribution < -0.4 is 0 Å².